The second-order valence-corrected chi connectivity index (χ2v) is 4.70. The highest BCUT2D eigenvalue weighted by Crippen LogP contribution is 2.32. The van der Waals surface area contributed by atoms with Crippen LogP contribution in [0.25, 0.3) is 0 Å². The maximum atomic E-state index is 12.2. The zero-order chi connectivity index (χ0) is 15.0. The molecule has 108 valence electrons. The Labute approximate surface area is 120 Å². The van der Waals surface area contributed by atoms with Crippen LogP contribution in [0.3, 0.4) is 0 Å². The Morgan fingerprint density at radius 1 is 1.38 bits per heavy atom. The van der Waals surface area contributed by atoms with E-state index < -0.39 is 0 Å². The lowest BCUT2D eigenvalue weighted by atomic mass is 10.1. The van der Waals surface area contributed by atoms with E-state index in [9.17, 15) is 9.59 Å². The van der Waals surface area contributed by atoms with Gasteiger partial charge in [0.2, 0.25) is 0 Å². The summed E-state index contributed by atoms with van der Waals surface area (Å²) in [5.74, 6) is 1.03. The van der Waals surface area contributed by atoms with E-state index in [4.69, 9.17) is 9.26 Å². The average molecular weight is 287 g/mol. The Morgan fingerprint density at radius 2 is 2.19 bits per heavy atom. The van der Waals surface area contributed by atoms with Crippen molar-refractivity contribution in [3.8, 4) is 5.75 Å². The molecule has 0 atom stereocenters. The van der Waals surface area contributed by atoms with Gasteiger partial charge in [-0.2, -0.15) is 0 Å². The summed E-state index contributed by atoms with van der Waals surface area (Å²) in [5.41, 5.74) is 0.967. The van der Waals surface area contributed by atoms with Gasteiger partial charge in [0.25, 0.3) is 11.8 Å². The van der Waals surface area contributed by atoms with Crippen LogP contribution in [-0.4, -0.2) is 30.6 Å². The Morgan fingerprint density at radius 3 is 2.90 bits per heavy atom. The molecule has 2 aromatic rings. The Balaban J connectivity index is 1.86. The molecule has 1 aromatic carbocycles. The van der Waals surface area contributed by atoms with Crippen molar-refractivity contribution in [3.05, 3.63) is 35.6 Å². The summed E-state index contributed by atoms with van der Waals surface area (Å²) in [5, 5.41) is 6.32. The topological polar surface area (TPSA) is 84.7 Å². The highest BCUT2D eigenvalue weighted by molar-refractivity contribution is 6.06. The first-order valence-corrected chi connectivity index (χ1v) is 6.32. The molecule has 1 N–H and O–H groups in total. The van der Waals surface area contributed by atoms with Crippen molar-refractivity contribution >= 4 is 23.3 Å². The van der Waals surface area contributed by atoms with Crippen molar-refractivity contribution in [3.63, 3.8) is 0 Å². The molecule has 0 spiro atoms. The quantitative estimate of drug-likeness (QED) is 0.906. The summed E-state index contributed by atoms with van der Waals surface area (Å²) >= 11 is 0. The number of aryl methyl sites for hydroxylation is 1. The maximum Gasteiger partial charge on any atom is 0.264 e. The van der Waals surface area contributed by atoms with Gasteiger partial charge < -0.3 is 19.5 Å². The third kappa shape index (κ3) is 2.45. The van der Waals surface area contributed by atoms with Crippen molar-refractivity contribution in [2.45, 2.75) is 6.92 Å². The van der Waals surface area contributed by atoms with E-state index >= 15 is 0 Å². The van der Waals surface area contributed by atoms with Crippen LogP contribution >= 0.6 is 0 Å². The zero-order valence-electron chi connectivity index (χ0n) is 11.5. The van der Waals surface area contributed by atoms with Gasteiger partial charge in [-0.15, -0.1) is 0 Å². The molecule has 0 aliphatic carbocycles. The summed E-state index contributed by atoms with van der Waals surface area (Å²) in [4.78, 5) is 25.2. The van der Waals surface area contributed by atoms with Gasteiger partial charge in [-0.05, 0) is 25.1 Å². The lowest BCUT2D eigenvalue weighted by Gasteiger charge is -2.26. The van der Waals surface area contributed by atoms with Crippen LogP contribution in [0.5, 0.6) is 5.75 Å². The molecule has 0 radical (unpaired) electrons. The second kappa shape index (κ2) is 4.93. The number of fused-ring (bicyclic) bond motifs is 1. The number of ether oxygens (including phenoxy) is 1. The normalized spacial score (nSPS) is 13.6. The zero-order valence-corrected chi connectivity index (χ0v) is 11.5. The van der Waals surface area contributed by atoms with Crippen molar-refractivity contribution in [1.29, 1.82) is 0 Å². The fraction of sp³-hybridized carbons (Fsp3) is 0.214. The fourth-order valence-electron chi connectivity index (χ4n) is 2.03. The molecule has 2 amide bonds. The number of benzene rings is 1. The van der Waals surface area contributed by atoms with E-state index in [1.807, 2.05) is 0 Å². The minimum absolute atomic E-state index is 0.00720. The summed E-state index contributed by atoms with van der Waals surface area (Å²) in [7, 11) is 1.65. The SMILES string of the molecule is Cc1cc(NC(=O)c2ccc3c(c2)N(C)C(=O)CO3)no1. The number of hydrogen-bond acceptors (Lipinski definition) is 5. The van der Waals surface area contributed by atoms with E-state index in [0.717, 1.165) is 0 Å². The van der Waals surface area contributed by atoms with Gasteiger partial charge in [0.15, 0.2) is 12.4 Å². The smallest absolute Gasteiger partial charge is 0.264 e. The molecular weight excluding hydrogens is 274 g/mol. The Bertz CT molecular complexity index is 723. The maximum absolute atomic E-state index is 12.2. The molecule has 1 aliphatic rings. The van der Waals surface area contributed by atoms with Crippen LogP contribution in [-0.2, 0) is 4.79 Å². The monoisotopic (exact) mass is 287 g/mol. The highest BCUT2D eigenvalue weighted by atomic mass is 16.5. The van der Waals surface area contributed by atoms with E-state index in [1.54, 1.807) is 38.2 Å². The van der Waals surface area contributed by atoms with Gasteiger partial charge in [0.1, 0.15) is 11.5 Å². The van der Waals surface area contributed by atoms with Crippen LogP contribution in [0, 0.1) is 6.92 Å². The highest BCUT2D eigenvalue weighted by Gasteiger charge is 2.23. The molecule has 0 bridgehead atoms. The molecule has 0 fully saturated rings. The van der Waals surface area contributed by atoms with Crippen LogP contribution < -0.4 is 15.0 Å². The van der Waals surface area contributed by atoms with Gasteiger partial charge in [-0.25, -0.2) is 0 Å². The third-order valence-corrected chi connectivity index (χ3v) is 3.18. The summed E-state index contributed by atoms with van der Waals surface area (Å²) in [6.45, 7) is 1.74. The molecular formula is C14H13N3O4. The van der Waals surface area contributed by atoms with Gasteiger partial charge in [0.05, 0.1) is 5.69 Å². The largest absolute Gasteiger partial charge is 0.482 e. The number of carbonyl (C=O) groups is 2. The van der Waals surface area contributed by atoms with Crippen molar-refractivity contribution in [1.82, 2.24) is 5.16 Å². The van der Waals surface area contributed by atoms with Gasteiger partial charge >= 0.3 is 0 Å². The van der Waals surface area contributed by atoms with Crippen molar-refractivity contribution < 1.29 is 18.8 Å². The molecule has 7 heteroatoms. The third-order valence-electron chi connectivity index (χ3n) is 3.18. The molecule has 0 saturated carbocycles. The standard InChI is InChI=1S/C14H13N3O4/c1-8-5-12(16-21-8)15-14(19)9-3-4-11-10(6-9)17(2)13(18)7-20-11/h3-6H,7H2,1-2H3,(H,15,16,19). The molecule has 1 aliphatic heterocycles. The lowest BCUT2D eigenvalue weighted by molar-refractivity contribution is -0.120. The van der Waals surface area contributed by atoms with Crippen LogP contribution in [0.1, 0.15) is 16.1 Å². The molecule has 21 heavy (non-hydrogen) atoms. The molecule has 2 heterocycles. The van der Waals surface area contributed by atoms with E-state index in [0.29, 0.717) is 28.6 Å². The fourth-order valence-corrected chi connectivity index (χ4v) is 2.03. The summed E-state index contributed by atoms with van der Waals surface area (Å²) in [6, 6.07) is 6.52. The van der Waals surface area contributed by atoms with Crippen molar-refractivity contribution in [2.24, 2.45) is 0 Å². The van der Waals surface area contributed by atoms with Crippen LogP contribution in [0.15, 0.2) is 28.8 Å². The predicted molar refractivity (Wildman–Crippen MR) is 74.5 cm³/mol. The molecule has 1 aromatic heterocycles. The molecule has 7 nitrogen and oxygen atoms in total. The number of aromatic nitrogens is 1. The van der Waals surface area contributed by atoms with E-state index in [2.05, 4.69) is 10.5 Å². The molecule has 0 unspecified atom stereocenters. The van der Waals surface area contributed by atoms with Gasteiger partial charge in [0, 0.05) is 18.7 Å². The number of hydrogen-bond donors (Lipinski definition) is 1. The first-order chi connectivity index (χ1) is 10.0. The Hall–Kier alpha value is -2.83. The second-order valence-electron chi connectivity index (χ2n) is 4.70. The van der Waals surface area contributed by atoms with E-state index in [-0.39, 0.29) is 18.4 Å². The number of anilines is 2. The number of amides is 2. The number of carbonyl (C=O) groups excluding carboxylic acids is 2. The number of nitrogens with one attached hydrogen (secondary N) is 1. The molecule has 0 saturated heterocycles. The first-order valence-electron chi connectivity index (χ1n) is 6.32. The average Bonchev–Trinajstić information content (AvgIpc) is 2.88. The van der Waals surface area contributed by atoms with Crippen LogP contribution in [0.4, 0.5) is 11.5 Å². The number of rotatable bonds is 2. The summed E-state index contributed by atoms with van der Waals surface area (Å²) in [6.07, 6.45) is 0. The van der Waals surface area contributed by atoms with Crippen molar-refractivity contribution in [2.75, 3.05) is 23.9 Å². The lowest BCUT2D eigenvalue weighted by Crippen LogP contribution is -2.35. The van der Waals surface area contributed by atoms with Gasteiger partial charge in [-0.3, -0.25) is 9.59 Å². The minimum Gasteiger partial charge on any atom is -0.482 e. The van der Waals surface area contributed by atoms with E-state index in [1.165, 1.54) is 4.90 Å². The summed E-state index contributed by atoms with van der Waals surface area (Å²) < 4.78 is 10.2. The first kappa shape index (κ1) is 13.2. The Kier molecular flexibility index (Phi) is 3.09. The predicted octanol–water partition coefficient (Wildman–Crippen LogP) is 1.59. The van der Waals surface area contributed by atoms with Gasteiger partial charge in [-0.1, -0.05) is 5.16 Å². The number of nitrogens with zero attached hydrogens (tertiary/aromatic N) is 2. The minimum atomic E-state index is -0.336. The van der Waals surface area contributed by atoms with Crippen LogP contribution in [0.2, 0.25) is 0 Å². The number of likely N-dealkylation sites (N-methyl/N-ethyl adjacent to an activating group) is 1. The molecule has 3 rings (SSSR count).